The average Bonchev–Trinajstić information content (AvgIpc) is 3.25. The molecule has 216 valence electrons. The van der Waals surface area contributed by atoms with Gasteiger partial charge in [0.05, 0.1) is 24.6 Å². The summed E-state index contributed by atoms with van der Waals surface area (Å²) < 4.78 is 11.3. The topological polar surface area (TPSA) is 96.4 Å². The van der Waals surface area contributed by atoms with Gasteiger partial charge in [-0.3, -0.25) is 4.79 Å². The largest absolute Gasteiger partial charge is 0.444 e. The summed E-state index contributed by atoms with van der Waals surface area (Å²) in [5.74, 6) is -1.58. The Morgan fingerprint density at radius 1 is 0.927 bits per heavy atom. The summed E-state index contributed by atoms with van der Waals surface area (Å²) in [6, 6.07) is 27.3. The molecule has 1 heterocycles. The molecule has 1 aliphatic rings. The molecular formula is C33H38N2O6. The molecule has 8 heteroatoms. The molecule has 0 radical (unpaired) electrons. The summed E-state index contributed by atoms with van der Waals surface area (Å²) in [5, 5.41) is 11.6. The van der Waals surface area contributed by atoms with Crippen molar-refractivity contribution in [2.45, 2.75) is 64.5 Å². The summed E-state index contributed by atoms with van der Waals surface area (Å²) in [7, 11) is 0. The minimum atomic E-state index is -1.30. The van der Waals surface area contributed by atoms with Gasteiger partial charge in [0, 0.05) is 6.54 Å². The molecule has 0 unspecified atom stereocenters. The lowest BCUT2D eigenvalue weighted by Gasteiger charge is -2.32. The quantitative estimate of drug-likeness (QED) is 0.359. The number of aliphatic hydroxyl groups excluding tert-OH is 1. The molecule has 0 bridgehead atoms. The van der Waals surface area contributed by atoms with Gasteiger partial charge < -0.3 is 19.5 Å². The molecule has 0 saturated carbocycles. The van der Waals surface area contributed by atoms with Crippen LogP contribution >= 0.6 is 0 Å². The van der Waals surface area contributed by atoms with Crippen LogP contribution in [-0.2, 0) is 27.2 Å². The zero-order valence-electron chi connectivity index (χ0n) is 24.0. The Labute approximate surface area is 241 Å². The van der Waals surface area contributed by atoms with Gasteiger partial charge in [0.15, 0.2) is 0 Å². The van der Waals surface area contributed by atoms with E-state index >= 15 is 0 Å². The minimum absolute atomic E-state index is 0.167. The number of hydrogen-bond donors (Lipinski definition) is 1. The second kappa shape index (κ2) is 13.0. The molecule has 4 atom stereocenters. The van der Waals surface area contributed by atoms with E-state index in [1.54, 1.807) is 27.7 Å². The van der Waals surface area contributed by atoms with E-state index in [1.807, 2.05) is 91.0 Å². The van der Waals surface area contributed by atoms with Crippen LogP contribution in [-0.4, -0.2) is 57.3 Å². The van der Waals surface area contributed by atoms with Gasteiger partial charge in [-0.2, -0.15) is 0 Å². The smallest absolute Gasteiger partial charge is 0.417 e. The summed E-state index contributed by atoms with van der Waals surface area (Å²) in [6.45, 7) is 7.08. The number of rotatable bonds is 9. The third kappa shape index (κ3) is 7.73. The summed E-state index contributed by atoms with van der Waals surface area (Å²) in [5.41, 5.74) is 1.69. The Hall–Kier alpha value is -4.17. The molecule has 0 spiro atoms. The van der Waals surface area contributed by atoms with Gasteiger partial charge in [0.25, 0.3) is 0 Å². The van der Waals surface area contributed by atoms with Crippen LogP contribution in [0.15, 0.2) is 91.0 Å². The summed E-state index contributed by atoms with van der Waals surface area (Å²) in [6.07, 6.45) is -3.12. The fraction of sp³-hybridized carbons (Fsp3) is 0.364. The van der Waals surface area contributed by atoms with Gasteiger partial charge >= 0.3 is 12.2 Å². The highest BCUT2D eigenvalue weighted by atomic mass is 16.6. The Morgan fingerprint density at radius 3 is 2.02 bits per heavy atom. The summed E-state index contributed by atoms with van der Waals surface area (Å²) >= 11 is 0. The number of amides is 3. The van der Waals surface area contributed by atoms with Crippen molar-refractivity contribution in [3.8, 4) is 0 Å². The maximum Gasteiger partial charge on any atom is 0.417 e. The maximum absolute atomic E-state index is 14.1. The van der Waals surface area contributed by atoms with E-state index in [9.17, 15) is 19.5 Å². The second-order valence-corrected chi connectivity index (χ2v) is 11.4. The SMILES string of the molecule is C[C@@H]1[C@H](c2ccccc2)OC(=O)N1C(=O)[C@H](Cc1ccccc1)[C@@H](O)CN(Cc1ccccc1)C(=O)OC(C)(C)C. The zero-order chi connectivity index (χ0) is 29.6. The van der Waals surface area contributed by atoms with Gasteiger partial charge in [0.1, 0.15) is 11.7 Å². The predicted octanol–water partition coefficient (Wildman–Crippen LogP) is 5.75. The van der Waals surface area contributed by atoms with E-state index in [-0.39, 0.29) is 19.5 Å². The minimum Gasteiger partial charge on any atom is -0.444 e. The van der Waals surface area contributed by atoms with Crippen LogP contribution in [0.5, 0.6) is 0 Å². The zero-order valence-corrected chi connectivity index (χ0v) is 24.0. The molecule has 3 aromatic carbocycles. The Morgan fingerprint density at radius 2 is 1.46 bits per heavy atom. The standard InChI is InChI=1S/C33H38N2O6/c1-23-29(26-18-12-7-13-19-26)40-32(39)35(23)30(37)27(20-24-14-8-5-9-15-24)28(36)22-34(31(38)41-33(2,3)4)21-25-16-10-6-11-17-25/h5-19,23,27-29,36H,20-22H2,1-4H3/t23-,27-,28+,29-/m1/s1. The third-order valence-electron chi connectivity index (χ3n) is 6.99. The highest BCUT2D eigenvalue weighted by molar-refractivity contribution is 5.95. The molecule has 1 saturated heterocycles. The molecule has 3 aromatic rings. The number of ether oxygens (including phenoxy) is 2. The Bertz CT molecular complexity index is 1310. The highest BCUT2D eigenvalue weighted by Gasteiger charge is 2.47. The van der Waals surface area contributed by atoms with E-state index in [2.05, 4.69) is 0 Å². The van der Waals surface area contributed by atoms with Crippen LogP contribution in [0.4, 0.5) is 9.59 Å². The lowest BCUT2D eigenvalue weighted by Crippen LogP contribution is -2.49. The molecule has 0 aromatic heterocycles. The Kier molecular flexibility index (Phi) is 9.45. The average molecular weight is 559 g/mol. The van der Waals surface area contributed by atoms with Crippen LogP contribution in [0.2, 0.25) is 0 Å². The van der Waals surface area contributed by atoms with Crippen molar-refractivity contribution < 1.29 is 29.0 Å². The lowest BCUT2D eigenvalue weighted by molar-refractivity contribution is -0.137. The van der Waals surface area contributed by atoms with Crippen molar-refractivity contribution in [1.29, 1.82) is 0 Å². The van der Waals surface area contributed by atoms with E-state index in [1.165, 1.54) is 4.90 Å². The van der Waals surface area contributed by atoms with Gasteiger partial charge in [-0.05, 0) is 50.8 Å². The van der Waals surface area contributed by atoms with Gasteiger partial charge in [0.2, 0.25) is 5.91 Å². The molecule has 0 aliphatic carbocycles. The fourth-order valence-electron chi connectivity index (χ4n) is 4.97. The van der Waals surface area contributed by atoms with Crippen molar-refractivity contribution in [3.05, 3.63) is 108 Å². The van der Waals surface area contributed by atoms with Crippen LogP contribution in [0, 0.1) is 5.92 Å². The van der Waals surface area contributed by atoms with Crippen LogP contribution < -0.4 is 0 Å². The molecule has 1 fully saturated rings. The third-order valence-corrected chi connectivity index (χ3v) is 6.99. The normalized spacial score (nSPS) is 18.4. The number of nitrogens with zero attached hydrogens (tertiary/aromatic N) is 2. The van der Waals surface area contributed by atoms with Crippen LogP contribution in [0.3, 0.4) is 0 Å². The van der Waals surface area contributed by atoms with Crippen molar-refractivity contribution >= 4 is 18.1 Å². The summed E-state index contributed by atoms with van der Waals surface area (Å²) in [4.78, 5) is 42.8. The first-order chi connectivity index (χ1) is 19.5. The number of cyclic esters (lactones) is 1. The molecule has 3 amide bonds. The predicted molar refractivity (Wildman–Crippen MR) is 155 cm³/mol. The van der Waals surface area contributed by atoms with Gasteiger partial charge in [-0.25, -0.2) is 14.5 Å². The fourth-order valence-corrected chi connectivity index (χ4v) is 4.97. The van der Waals surface area contributed by atoms with Gasteiger partial charge in [-0.1, -0.05) is 91.0 Å². The van der Waals surface area contributed by atoms with E-state index in [0.29, 0.717) is 0 Å². The second-order valence-electron chi connectivity index (χ2n) is 11.4. The molecule has 1 N–H and O–H groups in total. The van der Waals surface area contributed by atoms with Crippen molar-refractivity contribution in [2.75, 3.05) is 6.54 Å². The van der Waals surface area contributed by atoms with E-state index < -0.39 is 47.9 Å². The number of benzene rings is 3. The van der Waals surface area contributed by atoms with E-state index in [4.69, 9.17) is 9.47 Å². The first-order valence-corrected chi connectivity index (χ1v) is 13.9. The number of hydrogen-bond acceptors (Lipinski definition) is 6. The van der Waals surface area contributed by atoms with Gasteiger partial charge in [-0.15, -0.1) is 0 Å². The highest BCUT2D eigenvalue weighted by Crippen LogP contribution is 2.34. The lowest BCUT2D eigenvalue weighted by atomic mass is 9.91. The molecule has 8 nitrogen and oxygen atoms in total. The van der Waals surface area contributed by atoms with E-state index in [0.717, 1.165) is 21.6 Å². The van der Waals surface area contributed by atoms with Crippen molar-refractivity contribution in [2.24, 2.45) is 5.92 Å². The number of carbonyl (C=O) groups is 3. The van der Waals surface area contributed by atoms with Crippen molar-refractivity contribution in [1.82, 2.24) is 9.80 Å². The number of aliphatic hydroxyl groups is 1. The Balaban J connectivity index is 1.61. The molecule has 4 rings (SSSR count). The monoisotopic (exact) mass is 558 g/mol. The maximum atomic E-state index is 14.1. The first kappa shape index (κ1) is 29.8. The number of carbonyl (C=O) groups excluding carboxylic acids is 3. The first-order valence-electron chi connectivity index (χ1n) is 13.9. The molecular weight excluding hydrogens is 520 g/mol. The molecule has 41 heavy (non-hydrogen) atoms. The number of imide groups is 1. The van der Waals surface area contributed by atoms with Crippen LogP contribution in [0.1, 0.15) is 50.5 Å². The van der Waals surface area contributed by atoms with Crippen molar-refractivity contribution in [3.63, 3.8) is 0 Å². The molecule has 1 aliphatic heterocycles. The van der Waals surface area contributed by atoms with Crippen LogP contribution in [0.25, 0.3) is 0 Å².